The smallest absolute Gasteiger partial charge is 0.0709 e. The highest BCUT2D eigenvalue weighted by Gasteiger charge is 2.32. The largest absolute Gasteiger partial charge is 0.381 e. The summed E-state index contributed by atoms with van der Waals surface area (Å²) in [4.78, 5) is 0. The third-order valence-electron chi connectivity index (χ3n) is 3.81. The van der Waals surface area contributed by atoms with E-state index in [1.54, 1.807) is 0 Å². The first-order chi connectivity index (χ1) is 9.95. The van der Waals surface area contributed by atoms with Crippen LogP contribution in [0.25, 0.3) is 0 Å². The maximum Gasteiger partial charge on any atom is 0.0709 e. The SMILES string of the molecule is CCCCOCCC(CC(C)C)(CC(C)C)OCCCC. The van der Waals surface area contributed by atoms with Crippen molar-refractivity contribution in [2.24, 2.45) is 11.8 Å². The minimum atomic E-state index is 0.0176. The van der Waals surface area contributed by atoms with Gasteiger partial charge in [0.25, 0.3) is 0 Å². The lowest BCUT2D eigenvalue weighted by molar-refractivity contribution is -0.0911. The molecule has 0 aliphatic carbocycles. The minimum Gasteiger partial charge on any atom is -0.381 e. The highest BCUT2D eigenvalue weighted by atomic mass is 16.5. The number of ether oxygens (including phenoxy) is 2. The van der Waals surface area contributed by atoms with Crippen molar-refractivity contribution in [1.29, 1.82) is 0 Å². The Morgan fingerprint density at radius 1 is 0.762 bits per heavy atom. The molecule has 128 valence electrons. The number of hydrogen-bond acceptors (Lipinski definition) is 2. The molecule has 0 aliphatic heterocycles. The standard InChI is InChI=1S/C19H40O2/c1-7-9-12-20-14-11-19(15-17(3)4,16-18(5)6)21-13-10-8-2/h17-18H,7-16H2,1-6H3. The second kappa shape index (κ2) is 12.5. The van der Waals surface area contributed by atoms with Gasteiger partial charge >= 0.3 is 0 Å². The van der Waals surface area contributed by atoms with Crippen LogP contribution in [0.1, 0.15) is 86.5 Å². The Labute approximate surface area is 134 Å². The predicted molar refractivity (Wildman–Crippen MR) is 92.8 cm³/mol. The quantitative estimate of drug-likeness (QED) is 0.375. The van der Waals surface area contributed by atoms with Crippen molar-refractivity contribution in [3.63, 3.8) is 0 Å². The van der Waals surface area contributed by atoms with Crippen LogP contribution in [-0.2, 0) is 9.47 Å². The van der Waals surface area contributed by atoms with Crippen LogP contribution in [0.2, 0.25) is 0 Å². The van der Waals surface area contributed by atoms with Crippen LogP contribution in [-0.4, -0.2) is 25.4 Å². The molecular weight excluding hydrogens is 260 g/mol. The fraction of sp³-hybridized carbons (Fsp3) is 1.00. The molecule has 0 aromatic carbocycles. The number of rotatable bonds is 14. The van der Waals surface area contributed by atoms with Gasteiger partial charge in [0, 0.05) is 19.8 Å². The molecule has 0 aromatic rings. The maximum absolute atomic E-state index is 6.42. The van der Waals surface area contributed by atoms with Crippen molar-refractivity contribution in [2.75, 3.05) is 19.8 Å². The molecule has 0 fully saturated rings. The zero-order valence-corrected chi connectivity index (χ0v) is 15.5. The van der Waals surface area contributed by atoms with Crippen molar-refractivity contribution in [1.82, 2.24) is 0 Å². The summed E-state index contributed by atoms with van der Waals surface area (Å²) in [5.41, 5.74) is 0.0176. The summed E-state index contributed by atoms with van der Waals surface area (Å²) in [6, 6.07) is 0. The minimum absolute atomic E-state index is 0.0176. The molecule has 0 unspecified atom stereocenters. The average molecular weight is 301 g/mol. The third kappa shape index (κ3) is 11.2. The lowest BCUT2D eigenvalue weighted by Crippen LogP contribution is -2.37. The summed E-state index contributed by atoms with van der Waals surface area (Å²) in [6.45, 7) is 16.3. The van der Waals surface area contributed by atoms with Gasteiger partial charge in [0.1, 0.15) is 0 Å². The van der Waals surface area contributed by atoms with Crippen molar-refractivity contribution >= 4 is 0 Å². The molecule has 0 spiro atoms. The van der Waals surface area contributed by atoms with E-state index in [0.29, 0.717) is 11.8 Å². The number of unbranched alkanes of at least 4 members (excludes halogenated alkanes) is 2. The number of hydrogen-bond donors (Lipinski definition) is 0. The van der Waals surface area contributed by atoms with Crippen LogP contribution in [0.15, 0.2) is 0 Å². The van der Waals surface area contributed by atoms with E-state index in [2.05, 4.69) is 41.5 Å². The van der Waals surface area contributed by atoms with E-state index >= 15 is 0 Å². The second-order valence-corrected chi connectivity index (χ2v) is 7.30. The summed E-state index contributed by atoms with van der Waals surface area (Å²) in [5, 5.41) is 0. The van der Waals surface area contributed by atoms with Gasteiger partial charge in [-0.05, 0) is 43.9 Å². The molecule has 0 N–H and O–H groups in total. The molecule has 2 heteroatoms. The first-order valence-corrected chi connectivity index (χ1v) is 9.17. The summed E-state index contributed by atoms with van der Waals surface area (Å²) in [5.74, 6) is 1.34. The first kappa shape index (κ1) is 20.9. The normalized spacial score (nSPS) is 12.6. The fourth-order valence-electron chi connectivity index (χ4n) is 3.01. The Bertz CT molecular complexity index is 214. The van der Waals surface area contributed by atoms with Crippen molar-refractivity contribution in [2.45, 2.75) is 92.1 Å². The molecule has 0 saturated carbocycles. The van der Waals surface area contributed by atoms with Crippen molar-refractivity contribution in [3.8, 4) is 0 Å². The molecular formula is C19H40O2. The molecule has 0 aliphatic rings. The summed E-state index contributed by atoms with van der Waals surface area (Å²) in [7, 11) is 0. The summed E-state index contributed by atoms with van der Waals surface area (Å²) >= 11 is 0. The van der Waals surface area contributed by atoms with Gasteiger partial charge in [0.05, 0.1) is 5.60 Å². The zero-order chi connectivity index (χ0) is 16.1. The van der Waals surface area contributed by atoms with Gasteiger partial charge in [-0.1, -0.05) is 54.4 Å². The first-order valence-electron chi connectivity index (χ1n) is 9.17. The van der Waals surface area contributed by atoms with Crippen LogP contribution in [0.4, 0.5) is 0 Å². The Balaban J connectivity index is 4.55. The maximum atomic E-state index is 6.42. The predicted octanol–water partition coefficient (Wildman–Crippen LogP) is 5.84. The van der Waals surface area contributed by atoms with E-state index in [1.165, 1.54) is 12.8 Å². The van der Waals surface area contributed by atoms with Crippen LogP contribution in [0.5, 0.6) is 0 Å². The second-order valence-electron chi connectivity index (χ2n) is 7.30. The molecule has 0 atom stereocenters. The van der Waals surface area contributed by atoms with E-state index in [-0.39, 0.29) is 5.60 Å². The third-order valence-corrected chi connectivity index (χ3v) is 3.81. The molecule has 0 aromatic heterocycles. The van der Waals surface area contributed by atoms with Gasteiger partial charge in [-0.15, -0.1) is 0 Å². The van der Waals surface area contributed by atoms with Crippen molar-refractivity contribution in [3.05, 3.63) is 0 Å². The highest BCUT2D eigenvalue weighted by molar-refractivity contribution is 4.83. The summed E-state index contributed by atoms with van der Waals surface area (Å²) < 4.78 is 12.2. The van der Waals surface area contributed by atoms with E-state index < -0.39 is 0 Å². The van der Waals surface area contributed by atoms with E-state index in [1.807, 2.05) is 0 Å². The van der Waals surface area contributed by atoms with Gasteiger partial charge < -0.3 is 9.47 Å². The van der Waals surface area contributed by atoms with E-state index in [9.17, 15) is 0 Å². The van der Waals surface area contributed by atoms with Gasteiger partial charge in [-0.2, -0.15) is 0 Å². The topological polar surface area (TPSA) is 18.5 Å². The average Bonchev–Trinajstić information content (AvgIpc) is 2.37. The molecule has 2 nitrogen and oxygen atoms in total. The molecule has 0 rings (SSSR count). The molecule has 0 amide bonds. The molecule has 0 bridgehead atoms. The van der Waals surface area contributed by atoms with Crippen LogP contribution < -0.4 is 0 Å². The van der Waals surface area contributed by atoms with Crippen LogP contribution >= 0.6 is 0 Å². The van der Waals surface area contributed by atoms with Gasteiger partial charge in [-0.3, -0.25) is 0 Å². The highest BCUT2D eigenvalue weighted by Crippen LogP contribution is 2.32. The molecule has 0 radical (unpaired) electrons. The summed E-state index contributed by atoms with van der Waals surface area (Å²) in [6.07, 6.45) is 8.06. The van der Waals surface area contributed by atoms with Crippen molar-refractivity contribution < 1.29 is 9.47 Å². The van der Waals surface area contributed by atoms with Gasteiger partial charge in [0.2, 0.25) is 0 Å². The Hall–Kier alpha value is -0.0800. The lowest BCUT2D eigenvalue weighted by Gasteiger charge is -2.37. The molecule has 0 saturated heterocycles. The van der Waals surface area contributed by atoms with Gasteiger partial charge in [-0.25, -0.2) is 0 Å². The van der Waals surface area contributed by atoms with Gasteiger partial charge in [0.15, 0.2) is 0 Å². The lowest BCUT2D eigenvalue weighted by atomic mass is 9.82. The van der Waals surface area contributed by atoms with E-state index in [4.69, 9.17) is 9.47 Å². The van der Waals surface area contributed by atoms with E-state index in [0.717, 1.165) is 51.9 Å². The molecule has 0 heterocycles. The Kier molecular flexibility index (Phi) is 12.4. The monoisotopic (exact) mass is 300 g/mol. The molecule has 21 heavy (non-hydrogen) atoms. The fourth-order valence-corrected chi connectivity index (χ4v) is 3.01. The van der Waals surface area contributed by atoms with Crippen LogP contribution in [0.3, 0.4) is 0 Å². The Morgan fingerprint density at radius 2 is 1.29 bits per heavy atom. The Morgan fingerprint density at radius 3 is 1.76 bits per heavy atom. The zero-order valence-electron chi connectivity index (χ0n) is 15.5. The van der Waals surface area contributed by atoms with Crippen LogP contribution in [0, 0.1) is 11.8 Å².